The Labute approximate surface area is 270 Å². The number of ketones is 2. The summed E-state index contributed by atoms with van der Waals surface area (Å²) < 4.78 is 0. The summed E-state index contributed by atoms with van der Waals surface area (Å²) in [5.74, 6) is -6.80. The van der Waals surface area contributed by atoms with Crippen molar-refractivity contribution in [2.75, 3.05) is 33.1 Å². The highest BCUT2D eigenvalue weighted by molar-refractivity contribution is 6.25. The molecule has 0 bridgehead atoms. The number of carbonyl (C=O) groups is 3. The summed E-state index contributed by atoms with van der Waals surface area (Å²) in [4.78, 5) is 45.7. The van der Waals surface area contributed by atoms with E-state index in [1.165, 1.54) is 4.90 Å². The Morgan fingerprint density at radius 1 is 1.02 bits per heavy atom. The number of aliphatic hydroxyl groups excluding tert-OH is 2. The zero-order chi connectivity index (χ0) is 33.9. The van der Waals surface area contributed by atoms with E-state index in [1.54, 1.807) is 26.5 Å². The maximum atomic E-state index is 14.4. The quantitative estimate of drug-likeness (QED) is 0.161. The van der Waals surface area contributed by atoms with Crippen LogP contribution in [0.4, 0.5) is 5.69 Å². The van der Waals surface area contributed by atoms with E-state index in [-0.39, 0.29) is 36.3 Å². The van der Waals surface area contributed by atoms with Crippen LogP contribution in [0.3, 0.4) is 0 Å². The fourth-order valence-corrected chi connectivity index (χ4v) is 7.51. The summed E-state index contributed by atoms with van der Waals surface area (Å²) in [6, 6.07) is 4.45. The van der Waals surface area contributed by atoms with E-state index in [0.29, 0.717) is 29.9 Å². The summed E-state index contributed by atoms with van der Waals surface area (Å²) in [7, 11) is 6.84. The minimum Gasteiger partial charge on any atom is -0.510 e. The number of anilines is 1. The predicted molar refractivity (Wildman–Crippen MR) is 168 cm³/mol. The molecule has 0 fully saturated rings. The molecule has 3 aromatic rings. The molecule has 0 radical (unpaired) electrons. The summed E-state index contributed by atoms with van der Waals surface area (Å²) >= 11 is 0. The lowest BCUT2D eigenvalue weighted by molar-refractivity contribution is -0.148. The van der Waals surface area contributed by atoms with Crippen LogP contribution in [0.15, 0.2) is 53.3 Å². The molecular formula is C32H38N8O7. The molecule has 0 aliphatic heterocycles. The van der Waals surface area contributed by atoms with Gasteiger partial charge < -0.3 is 31.1 Å². The van der Waals surface area contributed by atoms with Crippen molar-refractivity contribution in [1.29, 1.82) is 0 Å². The second-order valence-corrected chi connectivity index (χ2v) is 12.9. The highest BCUT2D eigenvalue weighted by Gasteiger charge is 2.63. The van der Waals surface area contributed by atoms with E-state index in [0.717, 1.165) is 11.4 Å². The van der Waals surface area contributed by atoms with Crippen LogP contribution >= 0.6 is 0 Å². The molecule has 1 amide bonds. The summed E-state index contributed by atoms with van der Waals surface area (Å²) in [6.07, 6.45) is 3.50. The van der Waals surface area contributed by atoms with Crippen molar-refractivity contribution in [3.63, 3.8) is 0 Å². The molecular weight excluding hydrogens is 608 g/mol. The first kappa shape index (κ1) is 32.0. The smallest absolute Gasteiger partial charge is 0.255 e. The third-order valence-corrected chi connectivity index (χ3v) is 9.56. The lowest BCUT2D eigenvalue weighted by Gasteiger charge is -2.50. The standard InChI is InChI=1S/C32H38N8O7/c1-38(2)21-11-16(12-40(13-17-5-7-34-36-17)14-18-6-8-35-37-18)26(41)23-19(21)9-15-10-20-25(39(3)4)28(43)24(31(33)46)30(45)32(20,47)29(44)22(15)27(23)42/h5-8,11,15,20,25,41,43-44,47H,9-10,12-14H2,1-4H3,(H2,33,46)(H,34,36)(H,35,37)/t15-,20-,25-,32-/m1/s1. The van der Waals surface area contributed by atoms with Gasteiger partial charge in [-0.25, -0.2) is 0 Å². The number of amides is 1. The number of Topliss-reactive ketones (excluding diaryl/α,β-unsaturated/α-hetero) is 2. The Morgan fingerprint density at radius 2 is 1.64 bits per heavy atom. The van der Waals surface area contributed by atoms with E-state index in [9.17, 15) is 34.8 Å². The molecule has 0 saturated heterocycles. The molecule has 0 saturated carbocycles. The van der Waals surface area contributed by atoms with Gasteiger partial charge in [-0.3, -0.25) is 34.4 Å². The monoisotopic (exact) mass is 646 g/mol. The molecule has 0 unspecified atom stereocenters. The molecule has 4 atom stereocenters. The maximum absolute atomic E-state index is 14.4. The van der Waals surface area contributed by atoms with Crippen molar-refractivity contribution in [2.45, 2.75) is 44.1 Å². The number of likely N-dealkylation sites (N-methyl/N-ethyl adjacent to an activating group) is 1. The molecule has 248 valence electrons. The fourth-order valence-electron chi connectivity index (χ4n) is 7.51. The Morgan fingerprint density at radius 3 is 2.15 bits per heavy atom. The van der Waals surface area contributed by atoms with Crippen LogP contribution in [0.5, 0.6) is 5.75 Å². The molecule has 3 aliphatic carbocycles. The minimum absolute atomic E-state index is 0.0171. The van der Waals surface area contributed by atoms with Gasteiger partial charge in [0.05, 0.1) is 11.6 Å². The first-order valence-electron chi connectivity index (χ1n) is 15.1. The Balaban J connectivity index is 1.46. The number of hydrogen-bond acceptors (Lipinski definition) is 12. The van der Waals surface area contributed by atoms with Crippen molar-refractivity contribution in [1.82, 2.24) is 30.2 Å². The molecule has 15 heteroatoms. The summed E-state index contributed by atoms with van der Waals surface area (Å²) in [5.41, 5.74) is 5.01. The van der Waals surface area contributed by atoms with Gasteiger partial charge >= 0.3 is 0 Å². The molecule has 2 heterocycles. The number of allylic oxidation sites excluding steroid dienone is 1. The van der Waals surface area contributed by atoms with Crippen LogP contribution in [0, 0.1) is 11.8 Å². The molecule has 6 rings (SSSR count). The number of H-pyrrole nitrogens is 2. The SMILES string of the molecule is CN(C)c1cc(CN(Cc2ccn[nH]2)Cc2ccn[nH]2)c(O)c2c1C[C@@H]1C[C@@H]3[C@@H](N(C)C)C(O)=C(C(N)=O)C(=O)[C@]3(O)C(O)=C1C2=O. The van der Waals surface area contributed by atoms with Gasteiger partial charge in [0, 0.05) is 80.3 Å². The van der Waals surface area contributed by atoms with Gasteiger partial charge in [-0.05, 0) is 56.6 Å². The maximum Gasteiger partial charge on any atom is 0.255 e. The van der Waals surface area contributed by atoms with Crippen LogP contribution in [-0.4, -0.2) is 108 Å². The second-order valence-electron chi connectivity index (χ2n) is 12.9. The number of rotatable bonds is 9. The van der Waals surface area contributed by atoms with Crippen LogP contribution in [-0.2, 0) is 35.6 Å². The van der Waals surface area contributed by atoms with Gasteiger partial charge in [0.2, 0.25) is 5.78 Å². The molecule has 3 aliphatic rings. The van der Waals surface area contributed by atoms with Gasteiger partial charge in [0.1, 0.15) is 22.8 Å². The molecule has 15 nitrogen and oxygen atoms in total. The van der Waals surface area contributed by atoms with Crippen molar-refractivity contribution in [2.24, 2.45) is 17.6 Å². The van der Waals surface area contributed by atoms with Gasteiger partial charge in [-0.15, -0.1) is 0 Å². The number of aromatic amines is 2. The number of carbonyl (C=O) groups excluding carboxylic acids is 3. The number of nitrogens with two attached hydrogens (primary N) is 1. The number of phenolic OH excluding ortho intramolecular Hbond substituents is 1. The van der Waals surface area contributed by atoms with Gasteiger partial charge in [-0.1, -0.05) is 0 Å². The number of aromatic nitrogens is 4. The van der Waals surface area contributed by atoms with E-state index in [1.807, 2.05) is 42.1 Å². The summed E-state index contributed by atoms with van der Waals surface area (Å²) in [5, 5.41) is 60.3. The number of nitrogens with one attached hydrogen (secondary N) is 2. The second kappa shape index (κ2) is 11.7. The van der Waals surface area contributed by atoms with Crippen LogP contribution in [0.2, 0.25) is 0 Å². The third kappa shape index (κ3) is 5.06. The van der Waals surface area contributed by atoms with Crippen molar-refractivity contribution >= 4 is 23.2 Å². The van der Waals surface area contributed by atoms with Crippen LogP contribution in [0.25, 0.3) is 0 Å². The molecule has 0 spiro atoms. The molecule has 1 aromatic carbocycles. The van der Waals surface area contributed by atoms with Crippen molar-refractivity contribution in [3.05, 3.63) is 81.3 Å². The number of nitrogens with zero attached hydrogens (tertiary/aromatic N) is 5. The van der Waals surface area contributed by atoms with Gasteiger partial charge in [-0.2, -0.15) is 10.2 Å². The number of aliphatic hydroxyl groups is 3. The highest BCUT2D eigenvalue weighted by atomic mass is 16.3. The Kier molecular flexibility index (Phi) is 7.94. The summed E-state index contributed by atoms with van der Waals surface area (Å²) in [6.45, 7) is 1.07. The average molecular weight is 647 g/mol. The van der Waals surface area contributed by atoms with E-state index in [2.05, 4.69) is 20.4 Å². The normalized spacial score (nSPS) is 24.1. The van der Waals surface area contributed by atoms with Crippen LogP contribution in [0.1, 0.15) is 39.3 Å². The number of primary amides is 1. The number of phenols is 1. The topological polar surface area (TPSA) is 225 Å². The van der Waals surface area contributed by atoms with Gasteiger partial charge in [0.25, 0.3) is 5.91 Å². The Hall–Kier alpha value is -4.99. The lowest BCUT2D eigenvalue weighted by Crippen LogP contribution is -2.63. The zero-order valence-corrected chi connectivity index (χ0v) is 26.5. The fraction of sp³-hybridized carbons (Fsp3) is 0.406. The number of aromatic hydroxyl groups is 1. The van der Waals surface area contributed by atoms with E-state index >= 15 is 0 Å². The minimum atomic E-state index is -2.70. The number of benzene rings is 1. The number of fused-ring (bicyclic) bond motifs is 3. The third-order valence-electron chi connectivity index (χ3n) is 9.56. The largest absolute Gasteiger partial charge is 0.510 e. The first-order chi connectivity index (χ1) is 22.2. The lowest BCUT2D eigenvalue weighted by atomic mass is 9.58. The predicted octanol–water partition coefficient (Wildman–Crippen LogP) is 0.835. The zero-order valence-electron chi connectivity index (χ0n) is 26.5. The van der Waals surface area contributed by atoms with Crippen molar-refractivity contribution < 1.29 is 34.8 Å². The highest BCUT2D eigenvalue weighted by Crippen LogP contribution is 2.53. The van der Waals surface area contributed by atoms with Crippen LogP contribution < -0.4 is 10.6 Å². The average Bonchev–Trinajstić information content (AvgIpc) is 3.70. The molecule has 2 aromatic heterocycles. The van der Waals surface area contributed by atoms with Crippen molar-refractivity contribution in [3.8, 4) is 5.75 Å². The molecule has 47 heavy (non-hydrogen) atoms. The van der Waals surface area contributed by atoms with Gasteiger partial charge in [0.15, 0.2) is 11.4 Å². The van der Waals surface area contributed by atoms with E-state index in [4.69, 9.17) is 5.73 Å². The number of hydrogen-bond donors (Lipinski definition) is 7. The Bertz CT molecular complexity index is 1780. The molecule has 8 N–H and O–H groups in total. The van der Waals surface area contributed by atoms with E-state index < -0.39 is 58.0 Å². The first-order valence-corrected chi connectivity index (χ1v) is 15.1.